The van der Waals surface area contributed by atoms with E-state index in [0.29, 0.717) is 12.1 Å². The van der Waals surface area contributed by atoms with E-state index in [1.165, 1.54) is 24.8 Å². The van der Waals surface area contributed by atoms with Gasteiger partial charge < -0.3 is 11.1 Å². The van der Waals surface area contributed by atoms with E-state index in [-0.39, 0.29) is 5.54 Å². The second-order valence-corrected chi connectivity index (χ2v) is 6.23. The molecule has 0 amide bonds. The highest BCUT2D eigenvalue weighted by Crippen LogP contribution is 2.28. The van der Waals surface area contributed by atoms with Crippen LogP contribution in [0.15, 0.2) is 6.07 Å². The number of aryl methyl sites for hydroxylation is 2. The minimum absolute atomic E-state index is 0.133. The Hall–Kier alpha value is -1.60. The first-order valence-electron chi connectivity index (χ1n) is 7.66. The molecule has 2 aliphatic carbocycles. The second kappa shape index (κ2) is 5.41. The summed E-state index contributed by atoms with van der Waals surface area (Å²) in [7, 11) is 0. The number of nitrogens with zero attached hydrogens (tertiary/aromatic N) is 2. The second-order valence-electron chi connectivity index (χ2n) is 6.23. The predicted octanol–water partition coefficient (Wildman–Crippen LogP) is 2.52. The van der Waals surface area contributed by atoms with Crippen molar-refractivity contribution in [2.75, 3.05) is 11.9 Å². The zero-order chi connectivity index (χ0) is 14.0. The lowest BCUT2D eigenvalue weighted by Gasteiger charge is -2.33. The zero-order valence-corrected chi connectivity index (χ0v) is 11.9. The molecular weight excluding hydrogens is 248 g/mol. The molecule has 0 radical (unpaired) electrons. The number of nitrogens with two attached hydrogens (primary N) is 1. The number of pyridine rings is 1. The molecule has 1 aromatic rings. The molecule has 0 bridgehead atoms. The summed E-state index contributed by atoms with van der Waals surface area (Å²) in [5.41, 5.74) is 9.36. The van der Waals surface area contributed by atoms with Crippen LogP contribution in [0.4, 0.5) is 5.82 Å². The van der Waals surface area contributed by atoms with Crippen LogP contribution in [0.1, 0.15) is 55.3 Å². The van der Waals surface area contributed by atoms with Crippen molar-refractivity contribution in [3.63, 3.8) is 0 Å². The monoisotopic (exact) mass is 270 g/mol. The lowest BCUT2D eigenvalue weighted by molar-refractivity contribution is 0.311. The van der Waals surface area contributed by atoms with Crippen LogP contribution >= 0.6 is 0 Å². The lowest BCUT2D eigenvalue weighted by atomic mass is 9.82. The zero-order valence-electron chi connectivity index (χ0n) is 11.9. The highest BCUT2D eigenvalue weighted by Gasteiger charge is 2.27. The summed E-state index contributed by atoms with van der Waals surface area (Å²) in [6.07, 6.45) is 9.07. The van der Waals surface area contributed by atoms with Gasteiger partial charge in [-0.15, -0.1) is 0 Å². The molecule has 0 atom stereocenters. The van der Waals surface area contributed by atoms with Crippen molar-refractivity contribution in [3.05, 3.63) is 22.9 Å². The van der Waals surface area contributed by atoms with Gasteiger partial charge in [0.25, 0.3) is 0 Å². The van der Waals surface area contributed by atoms with E-state index in [1.54, 1.807) is 0 Å². The summed E-state index contributed by atoms with van der Waals surface area (Å²) in [5, 5.41) is 12.6. The van der Waals surface area contributed by atoms with Crippen LogP contribution in [0.5, 0.6) is 0 Å². The average Bonchev–Trinajstić information content (AvgIpc) is 2.92. The number of nitrogens with one attached hydrogen (secondary N) is 1. The molecular formula is C16H22N4. The van der Waals surface area contributed by atoms with Crippen LogP contribution in [-0.4, -0.2) is 17.1 Å². The number of nitriles is 1. The molecule has 0 spiro atoms. The number of fused-ring (bicyclic) bond motifs is 1. The predicted molar refractivity (Wildman–Crippen MR) is 79.5 cm³/mol. The van der Waals surface area contributed by atoms with Gasteiger partial charge in [-0.3, -0.25) is 0 Å². The Kier molecular flexibility index (Phi) is 3.62. The highest BCUT2D eigenvalue weighted by atomic mass is 15.0. The fourth-order valence-electron chi connectivity index (χ4n) is 3.38. The van der Waals surface area contributed by atoms with E-state index in [9.17, 15) is 5.26 Å². The number of anilines is 1. The smallest absolute Gasteiger partial charge is 0.144 e. The molecule has 106 valence electrons. The Morgan fingerprint density at radius 2 is 2.05 bits per heavy atom. The van der Waals surface area contributed by atoms with Crippen molar-refractivity contribution < 1.29 is 0 Å². The number of rotatable bonds is 3. The van der Waals surface area contributed by atoms with Crippen LogP contribution in [0, 0.1) is 11.3 Å². The molecule has 4 nitrogen and oxygen atoms in total. The van der Waals surface area contributed by atoms with Gasteiger partial charge >= 0.3 is 0 Å². The van der Waals surface area contributed by atoms with Crippen LogP contribution < -0.4 is 11.1 Å². The Labute approximate surface area is 120 Å². The van der Waals surface area contributed by atoms with Gasteiger partial charge in [0.05, 0.1) is 5.56 Å². The van der Waals surface area contributed by atoms with Gasteiger partial charge in [0.2, 0.25) is 0 Å². The first-order valence-corrected chi connectivity index (χ1v) is 7.66. The van der Waals surface area contributed by atoms with E-state index < -0.39 is 0 Å². The molecule has 1 saturated carbocycles. The summed E-state index contributed by atoms with van der Waals surface area (Å²) in [6.45, 7) is 0.716. The highest BCUT2D eigenvalue weighted by molar-refractivity contribution is 5.55. The Morgan fingerprint density at radius 3 is 2.80 bits per heavy atom. The average molecular weight is 270 g/mol. The number of aromatic nitrogens is 1. The van der Waals surface area contributed by atoms with Crippen LogP contribution in [0.3, 0.4) is 0 Å². The molecule has 1 heterocycles. The van der Waals surface area contributed by atoms with Crippen molar-refractivity contribution in [1.29, 1.82) is 5.26 Å². The van der Waals surface area contributed by atoms with Gasteiger partial charge in [0.1, 0.15) is 11.9 Å². The fraction of sp³-hybridized carbons (Fsp3) is 0.625. The van der Waals surface area contributed by atoms with Crippen molar-refractivity contribution >= 4 is 5.82 Å². The van der Waals surface area contributed by atoms with Crippen molar-refractivity contribution in [2.24, 2.45) is 5.73 Å². The van der Waals surface area contributed by atoms with Crippen molar-refractivity contribution in [2.45, 2.75) is 56.9 Å². The third kappa shape index (κ3) is 2.64. The first-order chi connectivity index (χ1) is 9.70. The molecule has 2 aliphatic rings. The van der Waals surface area contributed by atoms with Crippen LogP contribution in [0.2, 0.25) is 0 Å². The summed E-state index contributed by atoms with van der Waals surface area (Å²) in [4.78, 5) is 4.65. The molecule has 0 aliphatic heterocycles. The third-order valence-corrected chi connectivity index (χ3v) is 4.63. The summed E-state index contributed by atoms with van der Waals surface area (Å²) in [5.74, 6) is 0.726. The maximum Gasteiger partial charge on any atom is 0.144 e. The first kappa shape index (κ1) is 13.4. The van der Waals surface area contributed by atoms with Gasteiger partial charge in [-0.25, -0.2) is 4.98 Å². The van der Waals surface area contributed by atoms with E-state index in [2.05, 4.69) is 16.4 Å². The molecule has 3 rings (SSSR count). The SMILES string of the molecule is N#Cc1cc2c(nc1NCC1(N)CCCCC1)CCC2. The molecule has 1 aromatic heterocycles. The van der Waals surface area contributed by atoms with Crippen molar-refractivity contribution in [1.82, 2.24) is 4.98 Å². The van der Waals surface area contributed by atoms with Crippen LogP contribution in [0.25, 0.3) is 0 Å². The van der Waals surface area contributed by atoms with Gasteiger partial charge in [-0.1, -0.05) is 19.3 Å². The van der Waals surface area contributed by atoms with E-state index >= 15 is 0 Å². The topological polar surface area (TPSA) is 74.7 Å². The molecule has 0 unspecified atom stereocenters. The molecule has 20 heavy (non-hydrogen) atoms. The van der Waals surface area contributed by atoms with E-state index in [1.807, 2.05) is 6.07 Å². The van der Waals surface area contributed by atoms with Gasteiger partial charge in [-0.05, 0) is 43.7 Å². The van der Waals surface area contributed by atoms with Gasteiger partial charge in [0, 0.05) is 17.8 Å². The lowest BCUT2D eigenvalue weighted by Crippen LogP contribution is -2.47. The standard InChI is InChI=1S/C16H22N4/c17-10-13-9-12-5-4-6-14(12)20-15(13)19-11-16(18)7-2-1-3-8-16/h9H,1-8,11,18H2,(H,19,20). The van der Waals surface area contributed by atoms with Crippen LogP contribution in [-0.2, 0) is 12.8 Å². The normalized spacial score (nSPS) is 20.2. The minimum atomic E-state index is -0.133. The maximum absolute atomic E-state index is 9.29. The summed E-state index contributed by atoms with van der Waals surface area (Å²) >= 11 is 0. The maximum atomic E-state index is 9.29. The van der Waals surface area contributed by atoms with Gasteiger partial charge in [0.15, 0.2) is 0 Å². The Morgan fingerprint density at radius 1 is 1.25 bits per heavy atom. The van der Waals surface area contributed by atoms with E-state index in [4.69, 9.17) is 5.73 Å². The molecule has 1 fully saturated rings. The summed E-state index contributed by atoms with van der Waals surface area (Å²) in [6, 6.07) is 4.26. The van der Waals surface area contributed by atoms with Crippen molar-refractivity contribution in [3.8, 4) is 6.07 Å². The van der Waals surface area contributed by atoms with Gasteiger partial charge in [-0.2, -0.15) is 5.26 Å². The molecule has 0 saturated heterocycles. The molecule has 3 N–H and O–H groups in total. The largest absolute Gasteiger partial charge is 0.367 e. The number of hydrogen-bond acceptors (Lipinski definition) is 4. The molecule has 0 aromatic carbocycles. The quantitative estimate of drug-likeness (QED) is 0.885. The third-order valence-electron chi connectivity index (χ3n) is 4.63. The molecule has 4 heteroatoms. The Balaban J connectivity index is 1.75. The Bertz CT molecular complexity index is 538. The fourth-order valence-corrected chi connectivity index (χ4v) is 3.38. The van der Waals surface area contributed by atoms with E-state index in [0.717, 1.165) is 43.6 Å². The summed E-state index contributed by atoms with van der Waals surface area (Å²) < 4.78 is 0. The number of hydrogen-bond donors (Lipinski definition) is 2. The minimum Gasteiger partial charge on any atom is -0.367 e.